The Bertz CT molecular complexity index is 472. The molecular formula is C10H16N2O6S. The van der Waals surface area contributed by atoms with Gasteiger partial charge in [0.25, 0.3) is 0 Å². The molecule has 108 valence electrons. The highest BCUT2D eigenvalue weighted by Gasteiger charge is 2.26. The molecule has 3 N–H and O–H groups in total. The van der Waals surface area contributed by atoms with Gasteiger partial charge >= 0.3 is 12.0 Å². The number of imide groups is 1. The Morgan fingerprint density at radius 1 is 1.21 bits per heavy atom. The highest BCUT2D eigenvalue weighted by atomic mass is 32.2. The average molecular weight is 292 g/mol. The molecule has 1 fully saturated rings. The molecule has 0 saturated carbocycles. The van der Waals surface area contributed by atoms with E-state index in [9.17, 15) is 22.8 Å². The molecule has 1 saturated heterocycles. The number of nitrogens with one attached hydrogen (secondary N) is 2. The maximum absolute atomic E-state index is 11.4. The van der Waals surface area contributed by atoms with Gasteiger partial charge in [-0.15, -0.1) is 0 Å². The van der Waals surface area contributed by atoms with E-state index in [1.54, 1.807) is 0 Å². The van der Waals surface area contributed by atoms with Crippen molar-refractivity contribution < 1.29 is 27.9 Å². The molecular weight excluding hydrogens is 276 g/mol. The fourth-order valence-corrected chi connectivity index (χ4v) is 3.40. The van der Waals surface area contributed by atoms with Crippen molar-refractivity contribution in [1.29, 1.82) is 0 Å². The van der Waals surface area contributed by atoms with Gasteiger partial charge in [0, 0.05) is 12.5 Å². The zero-order valence-corrected chi connectivity index (χ0v) is 11.0. The highest BCUT2D eigenvalue weighted by Crippen LogP contribution is 2.11. The lowest BCUT2D eigenvalue weighted by Gasteiger charge is -2.22. The summed E-state index contributed by atoms with van der Waals surface area (Å²) in [7, 11) is -3.13. The van der Waals surface area contributed by atoms with Gasteiger partial charge in [0.2, 0.25) is 5.91 Å². The van der Waals surface area contributed by atoms with E-state index in [-0.39, 0.29) is 24.3 Å². The molecule has 1 unspecified atom stereocenters. The third-order valence-electron chi connectivity index (χ3n) is 2.62. The van der Waals surface area contributed by atoms with Gasteiger partial charge < -0.3 is 10.4 Å². The second-order valence-corrected chi connectivity index (χ2v) is 6.60. The van der Waals surface area contributed by atoms with Crippen LogP contribution < -0.4 is 10.6 Å². The summed E-state index contributed by atoms with van der Waals surface area (Å²) in [5.41, 5.74) is 0. The van der Waals surface area contributed by atoms with E-state index in [2.05, 4.69) is 5.32 Å². The summed E-state index contributed by atoms with van der Waals surface area (Å²) in [6.45, 7) is 0. The Hall–Kier alpha value is -1.64. The molecule has 0 aromatic rings. The summed E-state index contributed by atoms with van der Waals surface area (Å²) in [6, 6.07) is -1.30. The van der Waals surface area contributed by atoms with Gasteiger partial charge in [-0.2, -0.15) is 0 Å². The number of carbonyl (C=O) groups is 3. The minimum atomic E-state index is -3.13. The van der Waals surface area contributed by atoms with Crippen molar-refractivity contribution in [2.24, 2.45) is 0 Å². The van der Waals surface area contributed by atoms with Gasteiger partial charge in [-0.1, -0.05) is 0 Å². The lowest BCUT2D eigenvalue weighted by atomic mass is 10.2. The number of urea groups is 1. The van der Waals surface area contributed by atoms with Crippen molar-refractivity contribution in [2.75, 3.05) is 11.5 Å². The van der Waals surface area contributed by atoms with E-state index in [4.69, 9.17) is 5.11 Å². The molecule has 1 aliphatic heterocycles. The molecule has 1 heterocycles. The van der Waals surface area contributed by atoms with Gasteiger partial charge in [-0.25, -0.2) is 13.2 Å². The van der Waals surface area contributed by atoms with E-state index in [1.807, 2.05) is 5.32 Å². The number of carboxylic acids is 1. The van der Waals surface area contributed by atoms with E-state index in [0.29, 0.717) is 12.8 Å². The third-order valence-corrected chi connectivity index (χ3v) is 4.44. The molecule has 0 aliphatic carbocycles. The van der Waals surface area contributed by atoms with Crippen LogP contribution in [0.2, 0.25) is 0 Å². The standard InChI is InChI=1S/C10H16N2O6S/c13-8(3-4-9(14)15)12-10(16)11-7-2-1-5-19(17,18)6-7/h7H,1-6H2,(H,14,15)(H2,11,12,13,16). The zero-order chi connectivity index (χ0) is 14.5. The van der Waals surface area contributed by atoms with E-state index < -0.39 is 33.8 Å². The van der Waals surface area contributed by atoms with Crippen molar-refractivity contribution in [3.8, 4) is 0 Å². The molecule has 0 radical (unpaired) electrons. The minimum Gasteiger partial charge on any atom is -0.481 e. The van der Waals surface area contributed by atoms with Gasteiger partial charge in [-0.3, -0.25) is 14.9 Å². The Morgan fingerprint density at radius 2 is 1.89 bits per heavy atom. The molecule has 0 bridgehead atoms. The van der Waals surface area contributed by atoms with Gasteiger partial charge in [0.05, 0.1) is 17.9 Å². The molecule has 8 nitrogen and oxygen atoms in total. The normalized spacial score (nSPS) is 21.4. The SMILES string of the molecule is O=C(O)CCC(=O)NC(=O)NC1CCCS(=O)(=O)C1. The summed E-state index contributed by atoms with van der Waals surface area (Å²) in [4.78, 5) is 32.8. The molecule has 0 aromatic heterocycles. The van der Waals surface area contributed by atoms with Crippen LogP contribution in [0.3, 0.4) is 0 Å². The monoisotopic (exact) mass is 292 g/mol. The van der Waals surface area contributed by atoms with Crippen LogP contribution in [0.4, 0.5) is 4.79 Å². The van der Waals surface area contributed by atoms with Gasteiger partial charge in [0.1, 0.15) is 0 Å². The first-order chi connectivity index (χ1) is 8.78. The maximum Gasteiger partial charge on any atom is 0.321 e. The van der Waals surface area contributed by atoms with Crippen molar-refractivity contribution in [3.63, 3.8) is 0 Å². The number of rotatable bonds is 4. The Morgan fingerprint density at radius 3 is 2.47 bits per heavy atom. The number of hydrogen-bond donors (Lipinski definition) is 3. The lowest BCUT2D eigenvalue weighted by molar-refractivity contribution is -0.138. The topological polar surface area (TPSA) is 130 Å². The maximum atomic E-state index is 11.4. The first-order valence-corrected chi connectivity index (χ1v) is 7.63. The first-order valence-electron chi connectivity index (χ1n) is 5.81. The number of hydrogen-bond acceptors (Lipinski definition) is 5. The van der Waals surface area contributed by atoms with Crippen LogP contribution in [-0.4, -0.2) is 49.0 Å². The number of amides is 3. The number of sulfone groups is 1. The quantitative estimate of drug-likeness (QED) is 0.625. The Balaban J connectivity index is 2.34. The Kier molecular flexibility index (Phi) is 5.28. The smallest absolute Gasteiger partial charge is 0.321 e. The van der Waals surface area contributed by atoms with Crippen LogP contribution in [0.25, 0.3) is 0 Å². The van der Waals surface area contributed by atoms with Gasteiger partial charge in [-0.05, 0) is 12.8 Å². The van der Waals surface area contributed by atoms with Crippen LogP contribution in [0.15, 0.2) is 0 Å². The molecule has 3 amide bonds. The van der Waals surface area contributed by atoms with E-state index in [0.717, 1.165) is 0 Å². The predicted octanol–water partition coefficient (Wildman–Crippen LogP) is -0.746. The van der Waals surface area contributed by atoms with Crippen molar-refractivity contribution in [3.05, 3.63) is 0 Å². The van der Waals surface area contributed by atoms with Crippen molar-refractivity contribution >= 4 is 27.7 Å². The molecule has 1 aliphatic rings. The fourth-order valence-electron chi connectivity index (χ4n) is 1.77. The summed E-state index contributed by atoms with van der Waals surface area (Å²) < 4.78 is 22.7. The molecule has 1 atom stereocenters. The van der Waals surface area contributed by atoms with Crippen LogP contribution in [0.5, 0.6) is 0 Å². The summed E-state index contributed by atoms with van der Waals surface area (Å²) in [6.07, 6.45) is 0.346. The molecule has 9 heteroatoms. The predicted molar refractivity (Wildman–Crippen MR) is 65.2 cm³/mol. The van der Waals surface area contributed by atoms with Crippen molar-refractivity contribution in [1.82, 2.24) is 10.6 Å². The molecule has 1 rings (SSSR count). The second-order valence-electron chi connectivity index (χ2n) is 4.37. The molecule has 19 heavy (non-hydrogen) atoms. The zero-order valence-electron chi connectivity index (χ0n) is 10.2. The Labute approximate surface area is 110 Å². The summed E-state index contributed by atoms with van der Waals surface area (Å²) in [5, 5.41) is 12.7. The van der Waals surface area contributed by atoms with Crippen LogP contribution in [0.1, 0.15) is 25.7 Å². The van der Waals surface area contributed by atoms with E-state index in [1.165, 1.54) is 0 Å². The first kappa shape index (κ1) is 15.4. The fraction of sp³-hybridized carbons (Fsp3) is 0.700. The molecule has 0 spiro atoms. The van der Waals surface area contributed by atoms with Gasteiger partial charge in [0.15, 0.2) is 9.84 Å². The molecule has 0 aromatic carbocycles. The number of aliphatic carboxylic acids is 1. The third kappa shape index (κ3) is 6.18. The number of carbonyl (C=O) groups excluding carboxylic acids is 2. The van der Waals surface area contributed by atoms with Crippen molar-refractivity contribution in [2.45, 2.75) is 31.7 Å². The second kappa shape index (κ2) is 6.50. The summed E-state index contributed by atoms with van der Waals surface area (Å²) in [5.74, 6) is -1.86. The lowest BCUT2D eigenvalue weighted by Crippen LogP contribution is -2.48. The number of carboxylic acid groups (broad SMARTS) is 1. The van der Waals surface area contributed by atoms with Crippen LogP contribution in [-0.2, 0) is 19.4 Å². The van der Waals surface area contributed by atoms with E-state index >= 15 is 0 Å². The van der Waals surface area contributed by atoms with Crippen LogP contribution >= 0.6 is 0 Å². The van der Waals surface area contributed by atoms with Crippen LogP contribution in [0, 0.1) is 0 Å². The summed E-state index contributed by atoms with van der Waals surface area (Å²) >= 11 is 0. The minimum absolute atomic E-state index is 0.115. The average Bonchev–Trinajstić information content (AvgIpc) is 2.24. The largest absolute Gasteiger partial charge is 0.481 e. The highest BCUT2D eigenvalue weighted by molar-refractivity contribution is 7.91.